The van der Waals surface area contributed by atoms with E-state index in [2.05, 4.69) is 0 Å². The van der Waals surface area contributed by atoms with Crippen molar-refractivity contribution in [2.75, 3.05) is 0 Å². The van der Waals surface area contributed by atoms with E-state index in [1.54, 1.807) is 12.1 Å². The largest absolute Gasteiger partial charge is 0.508 e. The Bertz CT molecular complexity index is 672. The highest BCUT2D eigenvalue weighted by atomic mass is 16.4. The maximum Gasteiger partial charge on any atom is 0.307 e. The Morgan fingerprint density at radius 2 is 1.52 bits per heavy atom. The minimum Gasteiger partial charge on any atom is -0.508 e. The molecule has 0 heterocycles. The van der Waals surface area contributed by atoms with Crippen LogP contribution in [0.25, 0.3) is 0 Å². The average Bonchev–Trinajstić information content (AvgIpc) is 2.51. The molecule has 0 aliphatic heterocycles. The third-order valence-corrected chi connectivity index (χ3v) is 3.76. The third kappa shape index (κ3) is 5.25. The number of phenols is 1. The van der Waals surface area contributed by atoms with Gasteiger partial charge in [0, 0.05) is 12.8 Å². The highest BCUT2D eigenvalue weighted by Gasteiger charge is 2.21. The van der Waals surface area contributed by atoms with E-state index in [1.165, 1.54) is 12.1 Å². The highest BCUT2D eigenvalue weighted by molar-refractivity contribution is 5.85. The number of hydrogen-bond donors (Lipinski definition) is 2. The number of rotatable bonds is 7. The van der Waals surface area contributed by atoms with Crippen molar-refractivity contribution in [3.05, 3.63) is 65.2 Å². The fraction of sp³-hybridized carbons (Fsp3) is 0.263. The van der Waals surface area contributed by atoms with Crippen molar-refractivity contribution < 1.29 is 19.8 Å². The summed E-state index contributed by atoms with van der Waals surface area (Å²) in [5.74, 6) is -1.68. The normalized spacial score (nSPS) is 11.9. The van der Waals surface area contributed by atoms with E-state index in [1.807, 2.05) is 31.2 Å². The maximum atomic E-state index is 12.2. The van der Waals surface area contributed by atoms with E-state index in [0.717, 1.165) is 16.7 Å². The maximum absolute atomic E-state index is 12.2. The number of aliphatic carboxylic acids is 1. The summed E-state index contributed by atoms with van der Waals surface area (Å²) in [5.41, 5.74) is 2.81. The van der Waals surface area contributed by atoms with Crippen molar-refractivity contribution in [3.63, 3.8) is 0 Å². The van der Waals surface area contributed by atoms with Gasteiger partial charge in [-0.2, -0.15) is 0 Å². The van der Waals surface area contributed by atoms with Gasteiger partial charge in [-0.1, -0.05) is 42.0 Å². The summed E-state index contributed by atoms with van der Waals surface area (Å²) in [7, 11) is 0. The van der Waals surface area contributed by atoms with Gasteiger partial charge in [-0.3, -0.25) is 9.59 Å². The highest BCUT2D eigenvalue weighted by Crippen LogP contribution is 2.17. The van der Waals surface area contributed by atoms with Gasteiger partial charge in [0.05, 0.1) is 5.92 Å². The molecule has 0 aromatic heterocycles. The summed E-state index contributed by atoms with van der Waals surface area (Å²) in [5, 5.41) is 18.6. The zero-order valence-electron chi connectivity index (χ0n) is 13.0. The Morgan fingerprint density at radius 3 is 2.09 bits per heavy atom. The molecule has 4 heteroatoms. The Balaban J connectivity index is 1.98. The second-order valence-electron chi connectivity index (χ2n) is 5.81. The van der Waals surface area contributed by atoms with Crippen molar-refractivity contribution >= 4 is 11.8 Å². The smallest absolute Gasteiger partial charge is 0.307 e. The van der Waals surface area contributed by atoms with Crippen LogP contribution in [0.1, 0.15) is 23.1 Å². The molecule has 0 amide bonds. The summed E-state index contributed by atoms with van der Waals surface area (Å²) >= 11 is 0. The summed E-state index contributed by atoms with van der Waals surface area (Å²) in [6.07, 6.45) is 0.527. The number of ketones is 1. The molecule has 2 aromatic carbocycles. The molecule has 2 rings (SSSR count). The van der Waals surface area contributed by atoms with Gasteiger partial charge in [0.2, 0.25) is 0 Å². The van der Waals surface area contributed by atoms with Crippen molar-refractivity contribution in [2.45, 2.75) is 26.2 Å². The predicted molar refractivity (Wildman–Crippen MR) is 87.4 cm³/mol. The van der Waals surface area contributed by atoms with Gasteiger partial charge in [-0.15, -0.1) is 0 Å². The summed E-state index contributed by atoms with van der Waals surface area (Å²) in [6.45, 7) is 1.98. The first-order valence-electron chi connectivity index (χ1n) is 7.52. The lowest BCUT2D eigenvalue weighted by Gasteiger charge is -2.12. The molecule has 120 valence electrons. The fourth-order valence-electron chi connectivity index (χ4n) is 2.44. The summed E-state index contributed by atoms with van der Waals surface area (Å²) < 4.78 is 0. The summed E-state index contributed by atoms with van der Waals surface area (Å²) in [4.78, 5) is 23.6. The number of carbonyl (C=O) groups excluding carboxylic acids is 1. The lowest BCUT2D eigenvalue weighted by Crippen LogP contribution is -2.21. The van der Waals surface area contributed by atoms with Crippen molar-refractivity contribution in [3.8, 4) is 5.75 Å². The van der Waals surface area contributed by atoms with Crippen LogP contribution in [-0.2, 0) is 22.4 Å². The van der Waals surface area contributed by atoms with Crippen LogP contribution in [0.4, 0.5) is 0 Å². The van der Waals surface area contributed by atoms with Crippen LogP contribution in [0.5, 0.6) is 5.75 Å². The van der Waals surface area contributed by atoms with Crippen LogP contribution < -0.4 is 0 Å². The van der Waals surface area contributed by atoms with Crippen LogP contribution in [0.15, 0.2) is 48.5 Å². The molecule has 0 spiro atoms. The van der Waals surface area contributed by atoms with E-state index in [-0.39, 0.29) is 30.8 Å². The molecule has 4 nitrogen and oxygen atoms in total. The molecule has 23 heavy (non-hydrogen) atoms. The number of carboxylic acids is 1. The van der Waals surface area contributed by atoms with E-state index < -0.39 is 11.9 Å². The van der Waals surface area contributed by atoms with Gasteiger partial charge in [0.1, 0.15) is 11.5 Å². The summed E-state index contributed by atoms with van der Waals surface area (Å²) in [6, 6.07) is 14.0. The molecule has 0 aliphatic carbocycles. The number of aryl methyl sites for hydroxylation is 1. The molecule has 0 radical (unpaired) electrons. The number of phenolic OH excluding ortho intramolecular Hbond substituents is 1. The van der Waals surface area contributed by atoms with Crippen LogP contribution in [0.3, 0.4) is 0 Å². The minimum atomic E-state index is -0.977. The van der Waals surface area contributed by atoms with Crippen molar-refractivity contribution in [1.29, 1.82) is 0 Å². The standard InChI is InChI=1S/C19H20O4/c1-13-2-4-15(5-3-13)11-18(21)12-16(19(22)23)10-14-6-8-17(20)9-7-14/h2-9,16,20H,10-12H2,1H3,(H,22,23). The van der Waals surface area contributed by atoms with Crippen LogP contribution >= 0.6 is 0 Å². The zero-order chi connectivity index (χ0) is 16.8. The molecule has 0 aliphatic rings. The number of aromatic hydroxyl groups is 1. The first-order valence-corrected chi connectivity index (χ1v) is 7.52. The first-order chi connectivity index (χ1) is 10.9. The average molecular weight is 312 g/mol. The molecular weight excluding hydrogens is 292 g/mol. The van der Waals surface area contributed by atoms with E-state index in [9.17, 15) is 19.8 Å². The van der Waals surface area contributed by atoms with Crippen LogP contribution in [0.2, 0.25) is 0 Å². The minimum absolute atomic E-state index is 0.00405. The molecule has 2 N–H and O–H groups in total. The fourth-order valence-corrected chi connectivity index (χ4v) is 2.44. The molecule has 1 atom stereocenters. The number of carboxylic acid groups (broad SMARTS) is 1. The zero-order valence-corrected chi connectivity index (χ0v) is 13.0. The predicted octanol–water partition coefficient (Wildman–Crippen LogP) is 3.15. The number of hydrogen-bond acceptors (Lipinski definition) is 3. The molecule has 0 fully saturated rings. The molecule has 1 unspecified atom stereocenters. The van der Waals surface area contributed by atoms with E-state index >= 15 is 0 Å². The van der Waals surface area contributed by atoms with Gasteiger partial charge < -0.3 is 10.2 Å². The number of carbonyl (C=O) groups is 2. The first kappa shape index (κ1) is 16.7. The quantitative estimate of drug-likeness (QED) is 0.823. The monoisotopic (exact) mass is 312 g/mol. The third-order valence-electron chi connectivity index (χ3n) is 3.76. The van der Waals surface area contributed by atoms with Crippen molar-refractivity contribution in [2.24, 2.45) is 5.92 Å². The van der Waals surface area contributed by atoms with Gasteiger partial charge in [0.15, 0.2) is 0 Å². The lowest BCUT2D eigenvalue weighted by atomic mass is 9.92. The topological polar surface area (TPSA) is 74.6 Å². The van der Waals surface area contributed by atoms with E-state index in [0.29, 0.717) is 0 Å². The SMILES string of the molecule is Cc1ccc(CC(=O)CC(Cc2ccc(O)cc2)C(=O)O)cc1. The second kappa shape index (κ2) is 7.58. The molecule has 2 aromatic rings. The number of Topliss-reactive ketones (excluding diaryl/α,β-unsaturated/α-hetero) is 1. The molecule has 0 bridgehead atoms. The molecule has 0 saturated heterocycles. The Hall–Kier alpha value is -2.62. The van der Waals surface area contributed by atoms with E-state index in [4.69, 9.17) is 0 Å². The Morgan fingerprint density at radius 1 is 0.957 bits per heavy atom. The van der Waals surface area contributed by atoms with Gasteiger partial charge in [-0.05, 0) is 36.6 Å². The Labute approximate surface area is 135 Å². The van der Waals surface area contributed by atoms with Gasteiger partial charge >= 0.3 is 5.97 Å². The van der Waals surface area contributed by atoms with Gasteiger partial charge in [-0.25, -0.2) is 0 Å². The molecular formula is C19H20O4. The lowest BCUT2D eigenvalue weighted by molar-refractivity contribution is -0.143. The second-order valence-corrected chi connectivity index (χ2v) is 5.81. The van der Waals surface area contributed by atoms with Crippen LogP contribution in [-0.4, -0.2) is 22.0 Å². The van der Waals surface area contributed by atoms with Gasteiger partial charge in [0.25, 0.3) is 0 Å². The van der Waals surface area contributed by atoms with Crippen molar-refractivity contribution in [1.82, 2.24) is 0 Å². The van der Waals surface area contributed by atoms with Crippen LogP contribution in [0, 0.1) is 12.8 Å². The number of benzene rings is 2. The molecule has 0 saturated carbocycles. The Kier molecular flexibility index (Phi) is 5.52.